The van der Waals surface area contributed by atoms with Gasteiger partial charge in [-0.1, -0.05) is 17.7 Å². The first kappa shape index (κ1) is 13.2. The van der Waals surface area contributed by atoms with Gasteiger partial charge in [0.15, 0.2) is 0 Å². The van der Waals surface area contributed by atoms with E-state index in [0.717, 1.165) is 5.56 Å². The number of benzene rings is 1. The normalized spacial score (nSPS) is 12.4. The molecule has 0 aliphatic rings. The Morgan fingerprint density at radius 1 is 1.44 bits per heavy atom. The number of primary amides is 1. The molecule has 0 radical (unpaired) electrons. The zero-order valence-corrected chi connectivity index (χ0v) is 10.2. The van der Waals surface area contributed by atoms with Gasteiger partial charge >= 0.3 is 0 Å². The van der Waals surface area contributed by atoms with Crippen LogP contribution < -0.4 is 11.5 Å². The highest BCUT2D eigenvalue weighted by molar-refractivity contribution is 7.84. The van der Waals surface area contributed by atoms with E-state index < -0.39 is 16.7 Å². The van der Waals surface area contributed by atoms with Gasteiger partial charge in [-0.3, -0.25) is 9.00 Å². The number of carbonyl (C=O) groups is 1. The van der Waals surface area contributed by atoms with Crippen molar-refractivity contribution in [2.45, 2.75) is 5.75 Å². The molecule has 0 bridgehead atoms. The highest BCUT2D eigenvalue weighted by atomic mass is 35.5. The van der Waals surface area contributed by atoms with E-state index in [0.29, 0.717) is 28.6 Å². The summed E-state index contributed by atoms with van der Waals surface area (Å²) in [7, 11) is -1.02. The number of halogens is 1. The average molecular weight is 261 g/mol. The maximum atomic E-state index is 11.5. The van der Waals surface area contributed by atoms with Crippen LogP contribution in [-0.4, -0.2) is 22.4 Å². The van der Waals surface area contributed by atoms with Crippen LogP contribution in [-0.2, 0) is 16.6 Å². The molecular formula is C10H13ClN2O2S. The van der Waals surface area contributed by atoms with Crippen LogP contribution >= 0.6 is 11.6 Å². The summed E-state index contributed by atoms with van der Waals surface area (Å²) in [5.41, 5.74) is 11.5. The summed E-state index contributed by atoms with van der Waals surface area (Å²) in [5.74, 6) is 0.250. The predicted molar refractivity (Wildman–Crippen MR) is 65.7 cm³/mol. The van der Waals surface area contributed by atoms with Gasteiger partial charge in [0.1, 0.15) is 0 Å². The molecule has 0 aliphatic carbocycles. The molecule has 4 N–H and O–H groups in total. The van der Waals surface area contributed by atoms with Crippen LogP contribution in [0, 0.1) is 0 Å². The van der Waals surface area contributed by atoms with Gasteiger partial charge in [-0.05, 0) is 17.7 Å². The summed E-state index contributed by atoms with van der Waals surface area (Å²) in [6, 6.07) is 4.72. The Hall–Kier alpha value is -0.910. The summed E-state index contributed by atoms with van der Waals surface area (Å²) in [6.45, 7) is 0.379. The molecule has 0 aliphatic heterocycles. The Labute approximate surface area is 101 Å². The zero-order chi connectivity index (χ0) is 12.1. The largest absolute Gasteiger partial charge is 0.366 e. The molecule has 0 aromatic heterocycles. The van der Waals surface area contributed by atoms with Crippen molar-refractivity contribution in [2.75, 3.05) is 12.3 Å². The van der Waals surface area contributed by atoms with Gasteiger partial charge in [0.2, 0.25) is 5.91 Å². The minimum Gasteiger partial charge on any atom is -0.366 e. The lowest BCUT2D eigenvalue weighted by Gasteiger charge is -2.05. The Morgan fingerprint density at radius 3 is 2.62 bits per heavy atom. The van der Waals surface area contributed by atoms with E-state index in [4.69, 9.17) is 23.1 Å². The second-order valence-corrected chi connectivity index (χ2v) is 5.23. The van der Waals surface area contributed by atoms with Crippen LogP contribution in [0.1, 0.15) is 15.9 Å². The minimum atomic E-state index is -1.02. The maximum absolute atomic E-state index is 11.5. The number of hydrogen-bond acceptors (Lipinski definition) is 3. The molecule has 0 saturated carbocycles. The number of nitrogens with two attached hydrogens (primary N) is 2. The average Bonchev–Trinajstić information content (AvgIpc) is 2.21. The van der Waals surface area contributed by atoms with Gasteiger partial charge in [0.25, 0.3) is 0 Å². The van der Waals surface area contributed by atoms with E-state index in [9.17, 15) is 9.00 Å². The summed E-state index contributed by atoms with van der Waals surface area (Å²) < 4.78 is 11.5. The van der Waals surface area contributed by atoms with Gasteiger partial charge in [-0.25, -0.2) is 0 Å². The topological polar surface area (TPSA) is 86.2 Å². The Kier molecular flexibility index (Phi) is 4.92. The van der Waals surface area contributed by atoms with E-state index in [1.165, 1.54) is 6.07 Å². The van der Waals surface area contributed by atoms with Gasteiger partial charge in [-0.15, -0.1) is 0 Å². The van der Waals surface area contributed by atoms with Crippen molar-refractivity contribution in [2.24, 2.45) is 11.5 Å². The molecule has 1 rings (SSSR count). The SMILES string of the molecule is NCCS(=O)Cc1ccc(C(N)=O)cc1Cl. The fourth-order valence-electron chi connectivity index (χ4n) is 1.19. The third-order valence-electron chi connectivity index (χ3n) is 2.00. The predicted octanol–water partition coefficient (Wildman–Crippen LogP) is 0.646. The van der Waals surface area contributed by atoms with Crippen LogP contribution in [0.2, 0.25) is 5.02 Å². The van der Waals surface area contributed by atoms with Crippen molar-refractivity contribution >= 4 is 28.3 Å². The lowest BCUT2D eigenvalue weighted by Crippen LogP contribution is -2.13. The first-order valence-electron chi connectivity index (χ1n) is 4.68. The molecule has 88 valence electrons. The third-order valence-corrected chi connectivity index (χ3v) is 3.68. The Bertz CT molecular complexity index is 423. The van der Waals surface area contributed by atoms with Crippen LogP contribution in [0.3, 0.4) is 0 Å². The van der Waals surface area contributed by atoms with Crippen LogP contribution in [0.15, 0.2) is 18.2 Å². The fourth-order valence-corrected chi connectivity index (χ4v) is 2.53. The second kappa shape index (κ2) is 5.98. The van der Waals surface area contributed by atoms with Crippen molar-refractivity contribution in [1.82, 2.24) is 0 Å². The van der Waals surface area contributed by atoms with Crippen molar-refractivity contribution in [3.8, 4) is 0 Å². The summed E-state index contributed by atoms with van der Waals surface area (Å²) in [5, 5.41) is 0.404. The summed E-state index contributed by atoms with van der Waals surface area (Å²) in [4.78, 5) is 10.9. The molecule has 1 aromatic carbocycles. The molecule has 1 unspecified atom stereocenters. The number of hydrogen-bond donors (Lipinski definition) is 2. The molecular weight excluding hydrogens is 248 g/mol. The molecule has 1 amide bonds. The molecule has 0 spiro atoms. The molecule has 1 atom stereocenters. The molecule has 1 aromatic rings. The van der Waals surface area contributed by atoms with Gasteiger partial charge in [0.05, 0.1) is 5.75 Å². The smallest absolute Gasteiger partial charge is 0.248 e. The first-order valence-corrected chi connectivity index (χ1v) is 6.54. The van der Waals surface area contributed by atoms with Crippen LogP contribution in [0.4, 0.5) is 0 Å². The third kappa shape index (κ3) is 3.59. The molecule has 6 heteroatoms. The maximum Gasteiger partial charge on any atom is 0.248 e. The quantitative estimate of drug-likeness (QED) is 0.815. The van der Waals surface area contributed by atoms with E-state index in [1.54, 1.807) is 12.1 Å². The number of carbonyl (C=O) groups excluding carboxylic acids is 1. The highest BCUT2D eigenvalue weighted by Gasteiger charge is 2.08. The van der Waals surface area contributed by atoms with E-state index in [-0.39, 0.29) is 0 Å². The summed E-state index contributed by atoms with van der Waals surface area (Å²) in [6.07, 6.45) is 0. The lowest BCUT2D eigenvalue weighted by atomic mass is 10.1. The van der Waals surface area contributed by atoms with E-state index >= 15 is 0 Å². The number of rotatable bonds is 5. The molecule has 0 fully saturated rings. The van der Waals surface area contributed by atoms with Gasteiger partial charge < -0.3 is 11.5 Å². The monoisotopic (exact) mass is 260 g/mol. The second-order valence-electron chi connectivity index (χ2n) is 3.25. The van der Waals surface area contributed by atoms with Crippen molar-refractivity contribution in [1.29, 1.82) is 0 Å². The van der Waals surface area contributed by atoms with Gasteiger partial charge in [0, 0.05) is 33.7 Å². The van der Waals surface area contributed by atoms with Gasteiger partial charge in [-0.2, -0.15) is 0 Å². The standard InChI is InChI=1S/C10H13ClN2O2S/c11-9-5-7(10(13)14)1-2-8(9)6-16(15)4-3-12/h1-2,5H,3-4,6,12H2,(H2,13,14). The zero-order valence-electron chi connectivity index (χ0n) is 8.61. The van der Waals surface area contributed by atoms with Crippen LogP contribution in [0.5, 0.6) is 0 Å². The lowest BCUT2D eigenvalue weighted by molar-refractivity contribution is 0.100. The fraction of sp³-hybridized carbons (Fsp3) is 0.300. The Morgan fingerprint density at radius 2 is 2.12 bits per heavy atom. The van der Waals surface area contributed by atoms with Crippen molar-refractivity contribution < 1.29 is 9.00 Å². The first-order chi connectivity index (χ1) is 7.54. The molecule has 0 heterocycles. The van der Waals surface area contributed by atoms with E-state index in [1.807, 2.05) is 0 Å². The molecule has 4 nitrogen and oxygen atoms in total. The summed E-state index contributed by atoms with van der Waals surface area (Å²) >= 11 is 5.94. The van der Waals surface area contributed by atoms with E-state index in [2.05, 4.69) is 0 Å². The molecule has 16 heavy (non-hydrogen) atoms. The van der Waals surface area contributed by atoms with Crippen molar-refractivity contribution in [3.63, 3.8) is 0 Å². The highest BCUT2D eigenvalue weighted by Crippen LogP contribution is 2.19. The van der Waals surface area contributed by atoms with Crippen molar-refractivity contribution in [3.05, 3.63) is 34.3 Å². The minimum absolute atomic E-state index is 0.342. The Balaban J connectivity index is 2.83. The van der Waals surface area contributed by atoms with Crippen LogP contribution in [0.25, 0.3) is 0 Å². The number of amides is 1. The molecule has 0 saturated heterocycles.